The Bertz CT molecular complexity index is 2890. The number of anilines is 3. The van der Waals surface area contributed by atoms with Crippen LogP contribution in [0.15, 0.2) is 206 Å². The minimum atomic E-state index is 1.09. The van der Waals surface area contributed by atoms with Crippen molar-refractivity contribution in [1.29, 1.82) is 0 Å². The Hall–Kier alpha value is -6.90. The van der Waals surface area contributed by atoms with E-state index in [1.807, 2.05) is 0 Å². The van der Waals surface area contributed by atoms with Gasteiger partial charge in [-0.2, -0.15) is 0 Å². The van der Waals surface area contributed by atoms with E-state index in [0.717, 1.165) is 22.7 Å². The maximum atomic E-state index is 2.44. The van der Waals surface area contributed by atoms with Gasteiger partial charge in [0.05, 0.1) is 16.7 Å². The quantitative estimate of drug-likeness (QED) is 0.161. The zero-order valence-electron chi connectivity index (χ0n) is 28.5. The standard InChI is InChI=1S/C50H34N2/c1-4-17-35(18-5-1)41-28-16-30-48(50(41)46-33-36-19-10-11-24-40(36)42-25-12-13-26-43(42)46)51(37-20-6-2-7-21-37)39-31-32-45-44-27-14-15-29-47(44)52(49(45)34-39)38-22-8-3-9-23-38/h1-34H. The summed E-state index contributed by atoms with van der Waals surface area (Å²) in [7, 11) is 0. The highest BCUT2D eigenvalue weighted by atomic mass is 15.1. The molecule has 0 fully saturated rings. The average molecular weight is 663 g/mol. The summed E-state index contributed by atoms with van der Waals surface area (Å²) in [4.78, 5) is 2.44. The molecule has 0 aliphatic heterocycles. The first-order valence-corrected chi connectivity index (χ1v) is 17.9. The molecule has 52 heavy (non-hydrogen) atoms. The van der Waals surface area contributed by atoms with Crippen molar-refractivity contribution in [2.45, 2.75) is 0 Å². The molecule has 0 unspecified atom stereocenters. The summed E-state index contributed by atoms with van der Waals surface area (Å²) in [6, 6.07) is 74.8. The summed E-state index contributed by atoms with van der Waals surface area (Å²) in [5, 5.41) is 7.45. The van der Waals surface area contributed by atoms with E-state index in [1.165, 1.54) is 65.6 Å². The third kappa shape index (κ3) is 4.88. The molecule has 1 heterocycles. The molecule has 0 bridgehead atoms. The number of nitrogens with zero attached hydrogens (tertiary/aromatic N) is 2. The van der Waals surface area contributed by atoms with Crippen molar-refractivity contribution in [2.75, 3.05) is 4.90 Å². The molecule has 2 heteroatoms. The van der Waals surface area contributed by atoms with Gasteiger partial charge in [0.2, 0.25) is 0 Å². The first-order chi connectivity index (χ1) is 25.8. The maximum absolute atomic E-state index is 2.44. The molecule has 244 valence electrons. The average Bonchev–Trinajstić information content (AvgIpc) is 3.55. The monoisotopic (exact) mass is 662 g/mol. The van der Waals surface area contributed by atoms with Crippen LogP contribution in [0.1, 0.15) is 0 Å². The van der Waals surface area contributed by atoms with Gasteiger partial charge in [0.1, 0.15) is 0 Å². The van der Waals surface area contributed by atoms with Gasteiger partial charge in [0.25, 0.3) is 0 Å². The second-order valence-corrected chi connectivity index (χ2v) is 13.3. The lowest BCUT2D eigenvalue weighted by Crippen LogP contribution is -2.12. The third-order valence-corrected chi connectivity index (χ3v) is 10.3. The predicted molar refractivity (Wildman–Crippen MR) is 221 cm³/mol. The van der Waals surface area contributed by atoms with E-state index in [0.29, 0.717) is 0 Å². The van der Waals surface area contributed by atoms with Crippen LogP contribution in [0.5, 0.6) is 0 Å². The van der Waals surface area contributed by atoms with Crippen molar-refractivity contribution in [3.05, 3.63) is 206 Å². The number of benzene rings is 9. The molecule has 0 radical (unpaired) electrons. The van der Waals surface area contributed by atoms with Crippen molar-refractivity contribution < 1.29 is 0 Å². The number of fused-ring (bicyclic) bond motifs is 6. The van der Waals surface area contributed by atoms with Gasteiger partial charge in [-0.05, 0) is 92.8 Å². The van der Waals surface area contributed by atoms with E-state index >= 15 is 0 Å². The normalized spacial score (nSPS) is 11.5. The molecular formula is C50H34N2. The lowest BCUT2D eigenvalue weighted by molar-refractivity contribution is 1.18. The fraction of sp³-hybridized carbons (Fsp3) is 0. The van der Waals surface area contributed by atoms with Crippen LogP contribution in [0.3, 0.4) is 0 Å². The van der Waals surface area contributed by atoms with Gasteiger partial charge in [-0.1, -0.05) is 152 Å². The third-order valence-electron chi connectivity index (χ3n) is 10.3. The Morgan fingerprint density at radius 3 is 1.75 bits per heavy atom. The van der Waals surface area contributed by atoms with E-state index in [9.17, 15) is 0 Å². The van der Waals surface area contributed by atoms with Gasteiger partial charge in [0, 0.05) is 33.4 Å². The first kappa shape index (κ1) is 30.0. The van der Waals surface area contributed by atoms with Crippen molar-refractivity contribution >= 4 is 60.4 Å². The number of rotatable bonds is 6. The van der Waals surface area contributed by atoms with E-state index < -0.39 is 0 Å². The molecule has 0 amide bonds. The second kappa shape index (κ2) is 12.5. The van der Waals surface area contributed by atoms with Crippen LogP contribution >= 0.6 is 0 Å². The van der Waals surface area contributed by atoms with E-state index in [4.69, 9.17) is 0 Å². The summed E-state index contributed by atoms with van der Waals surface area (Å²) in [5.74, 6) is 0. The summed E-state index contributed by atoms with van der Waals surface area (Å²) >= 11 is 0. The van der Waals surface area contributed by atoms with Gasteiger partial charge in [-0.25, -0.2) is 0 Å². The molecule has 0 aliphatic rings. The molecule has 9 aromatic carbocycles. The van der Waals surface area contributed by atoms with E-state index in [2.05, 4.69) is 216 Å². The van der Waals surface area contributed by atoms with Crippen LogP contribution in [0.2, 0.25) is 0 Å². The highest BCUT2D eigenvalue weighted by Crippen LogP contribution is 2.49. The van der Waals surface area contributed by atoms with Crippen LogP contribution in [0.4, 0.5) is 17.1 Å². The summed E-state index contributed by atoms with van der Waals surface area (Å²) in [6.07, 6.45) is 0. The molecule has 1 aromatic heterocycles. The maximum Gasteiger partial charge on any atom is 0.0561 e. The van der Waals surface area contributed by atoms with Crippen molar-refractivity contribution in [3.8, 4) is 27.9 Å². The highest BCUT2D eigenvalue weighted by Gasteiger charge is 2.23. The number of hydrogen-bond acceptors (Lipinski definition) is 1. The van der Waals surface area contributed by atoms with Crippen molar-refractivity contribution in [2.24, 2.45) is 0 Å². The lowest BCUT2D eigenvalue weighted by atomic mass is 9.87. The summed E-state index contributed by atoms with van der Waals surface area (Å²) in [5.41, 5.74) is 11.6. The molecule has 0 atom stereocenters. The largest absolute Gasteiger partial charge is 0.310 e. The van der Waals surface area contributed by atoms with Crippen molar-refractivity contribution in [3.63, 3.8) is 0 Å². The zero-order valence-corrected chi connectivity index (χ0v) is 28.5. The fourth-order valence-electron chi connectivity index (χ4n) is 8.09. The predicted octanol–water partition coefficient (Wildman–Crippen LogP) is 13.9. The molecule has 10 rings (SSSR count). The van der Waals surface area contributed by atoms with E-state index in [1.54, 1.807) is 0 Å². The Morgan fingerprint density at radius 2 is 0.962 bits per heavy atom. The Morgan fingerprint density at radius 1 is 0.346 bits per heavy atom. The zero-order chi connectivity index (χ0) is 34.4. The molecule has 0 aliphatic carbocycles. The highest BCUT2D eigenvalue weighted by molar-refractivity contribution is 6.17. The molecule has 0 spiro atoms. The molecule has 10 aromatic rings. The minimum Gasteiger partial charge on any atom is -0.310 e. The van der Waals surface area contributed by atoms with Crippen LogP contribution in [0.25, 0.3) is 71.3 Å². The summed E-state index contributed by atoms with van der Waals surface area (Å²) < 4.78 is 2.40. The second-order valence-electron chi connectivity index (χ2n) is 13.3. The first-order valence-electron chi connectivity index (χ1n) is 17.9. The molecule has 0 N–H and O–H groups in total. The Labute approximate surface area is 303 Å². The van der Waals surface area contributed by atoms with Crippen molar-refractivity contribution in [1.82, 2.24) is 4.57 Å². The number of hydrogen-bond donors (Lipinski definition) is 0. The van der Waals surface area contributed by atoms with Gasteiger partial charge in [-0.15, -0.1) is 0 Å². The summed E-state index contributed by atoms with van der Waals surface area (Å²) in [6.45, 7) is 0. The smallest absolute Gasteiger partial charge is 0.0561 e. The van der Waals surface area contributed by atoms with Crippen LogP contribution in [-0.2, 0) is 0 Å². The van der Waals surface area contributed by atoms with Gasteiger partial charge in [-0.3, -0.25) is 0 Å². The van der Waals surface area contributed by atoms with Gasteiger partial charge >= 0.3 is 0 Å². The Balaban J connectivity index is 1.31. The molecular weight excluding hydrogens is 629 g/mol. The number of aromatic nitrogens is 1. The minimum absolute atomic E-state index is 1.09. The fourth-order valence-corrected chi connectivity index (χ4v) is 8.09. The molecule has 0 saturated heterocycles. The SMILES string of the molecule is c1ccc(-c2cccc(N(c3ccccc3)c3ccc4c5ccccc5n(-c5ccccc5)c4c3)c2-c2cc3ccccc3c3ccccc23)cc1. The van der Waals surface area contributed by atoms with Crippen LogP contribution < -0.4 is 4.90 Å². The van der Waals surface area contributed by atoms with Gasteiger partial charge in [0.15, 0.2) is 0 Å². The topological polar surface area (TPSA) is 8.17 Å². The molecule has 0 saturated carbocycles. The number of para-hydroxylation sites is 3. The molecule has 2 nitrogen and oxygen atoms in total. The van der Waals surface area contributed by atoms with Crippen LogP contribution in [0, 0.1) is 0 Å². The lowest BCUT2D eigenvalue weighted by Gasteiger charge is -2.30. The Kier molecular flexibility index (Phi) is 7.18. The van der Waals surface area contributed by atoms with Gasteiger partial charge < -0.3 is 9.47 Å². The van der Waals surface area contributed by atoms with E-state index in [-0.39, 0.29) is 0 Å². The van der Waals surface area contributed by atoms with Crippen LogP contribution in [-0.4, -0.2) is 4.57 Å².